The zero-order valence-corrected chi connectivity index (χ0v) is 16.4. The Morgan fingerprint density at radius 3 is 2.56 bits per heavy atom. The van der Waals surface area contributed by atoms with Crippen molar-refractivity contribution in [3.05, 3.63) is 52.5 Å². The summed E-state index contributed by atoms with van der Waals surface area (Å²) in [5, 5.41) is 4.47. The van der Waals surface area contributed by atoms with Gasteiger partial charge in [-0.2, -0.15) is 0 Å². The Labute approximate surface area is 160 Å². The summed E-state index contributed by atoms with van der Waals surface area (Å²) in [5.74, 6) is 2.14. The molecule has 136 valence electrons. The molecular weight excluding hydrogens is 357 g/mol. The summed E-state index contributed by atoms with van der Waals surface area (Å²) >= 11 is 12.0. The maximum atomic E-state index is 6.14. The van der Waals surface area contributed by atoms with Crippen LogP contribution in [0.4, 0.5) is 5.69 Å². The number of ether oxygens (including phenoxy) is 2. The largest absolute Gasteiger partial charge is 0.494 e. The Hall–Kier alpha value is -1.58. The van der Waals surface area contributed by atoms with E-state index < -0.39 is 0 Å². The quantitative estimate of drug-likeness (QED) is 0.552. The lowest BCUT2D eigenvalue weighted by molar-refractivity contribution is 0.235. The van der Waals surface area contributed by atoms with Crippen LogP contribution in [0.25, 0.3) is 0 Å². The van der Waals surface area contributed by atoms with Crippen LogP contribution in [0.15, 0.2) is 42.5 Å². The van der Waals surface area contributed by atoms with Crippen LogP contribution in [0.1, 0.15) is 27.2 Å². The van der Waals surface area contributed by atoms with Gasteiger partial charge in [0.15, 0.2) is 0 Å². The molecule has 1 unspecified atom stereocenters. The van der Waals surface area contributed by atoms with E-state index in [0.717, 1.165) is 24.5 Å². The minimum atomic E-state index is -0.0517. The van der Waals surface area contributed by atoms with Crippen LogP contribution in [0.3, 0.4) is 0 Å². The molecule has 0 aliphatic rings. The van der Waals surface area contributed by atoms with Crippen LogP contribution in [-0.4, -0.2) is 19.3 Å². The molecule has 0 aliphatic carbocycles. The van der Waals surface area contributed by atoms with Crippen molar-refractivity contribution in [2.45, 2.75) is 33.3 Å². The Morgan fingerprint density at radius 2 is 1.84 bits per heavy atom. The molecule has 2 aromatic carbocycles. The molecule has 0 aromatic heterocycles. The van der Waals surface area contributed by atoms with Crippen LogP contribution in [0, 0.1) is 5.92 Å². The van der Waals surface area contributed by atoms with Crippen LogP contribution in [0.5, 0.6) is 11.5 Å². The number of hydrogen-bond donors (Lipinski definition) is 1. The van der Waals surface area contributed by atoms with E-state index in [1.165, 1.54) is 0 Å². The highest BCUT2D eigenvalue weighted by Crippen LogP contribution is 2.28. The Morgan fingerprint density at radius 1 is 1.04 bits per heavy atom. The molecule has 0 bridgehead atoms. The molecule has 25 heavy (non-hydrogen) atoms. The van der Waals surface area contributed by atoms with Gasteiger partial charge in [-0.15, -0.1) is 0 Å². The van der Waals surface area contributed by atoms with Gasteiger partial charge in [-0.1, -0.05) is 43.1 Å². The smallest absolute Gasteiger partial charge is 0.138 e. The summed E-state index contributed by atoms with van der Waals surface area (Å²) in [6, 6.07) is 13.2. The molecule has 1 atom stereocenters. The molecule has 2 aromatic rings. The number of anilines is 1. The molecule has 0 heterocycles. The first-order valence-corrected chi connectivity index (χ1v) is 9.28. The Balaban J connectivity index is 1.83. The maximum Gasteiger partial charge on any atom is 0.138 e. The van der Waals surface area contributed by atoms with Gasteiger partial charge in [0.2, 0.25) is 0 Å². The molecule has 5 heteroatoms. The van der Waals surface area contributed by atoms with E-state index in [-0.39, 0.29) is 6.10 Å². The van der Waals surface area contributed by atoms with Gasteiger partial charge in [-0.05, 0) is 49.6 Å². The molecule has 0 saturated carbocycles. The summed E-state index contributed by atoms with van der Waals surface area (Å²) in [6.45, 7) is 7.75. The molecule has 0 amide bonds. The second-order valence-electron chi connectivity index (χ2n) is 6.44. The zero-order valence-electron chi connectivity index (χ0n) is 14.9. The van der Waals surface area contributed by atoms with E-state index >= 15 is 0 Å². The first-order chi connectivity index (χ1) is 11.9. The molecule has 2 rings (SSSR count). The summed E-state index contributed by atoms with van der Waals surface area (Å²) < 4.78 is 11.6. The number of nitrogens with one attached hydrogen (secondary N) is 1. The molecule has 0 fully saturated rings. The lowest BCUT2D eigenvalue weighted by Crippen LogP contribution is -2.22. The Kier molecular flexibility index (Phi) is 7.73. The predicted octanol–water partition coefficient (Wildman–Crippen LogP) is 6.30. The topological polar surface area (TPSA) is 30.5 Å². The summed E-state index contributed by atoms with van der Waals surface area (Å²) in [4.78, 5) is 0. The predicted molar refractivity (Wildman–Crippen MR) is 106 cm³/mol. The van der Waals surface area contributed by atoms with E-state index in [1.54, 1.807) is 18.2 Å². The van der Waals surface area contributed by atoms with Gasteiger partial charge in [0, 0.05) is 16.8 Å². The minimum Gasteiger partial charge on any atom is -0.494 e. The lowest BCUT2D eigenvalue weighted by atomic mass is 10.1. The van der Waals surface area contributed by atoms with Crippen LogP contribution >= 0.6 is 23.2 Å². The number of halogens is 2. The van der Waals surface area contributed by atoms with Gasteiger partial charge in [0.1, 0.15) is 17.6 Å². The number of hydrogen-bond acceptors (Lipinski definition) is 3. The summed E-state index contributed by atoms with van der Waals surface area (Å²) in [6.07, 6.45) is 0.994. The lowest BCUT2D eigenvalue weighted by Gasteiger charge is -2.17. The van der Waals surface area contributed by atoms with Crippen molar-refractivity contribution in [3.63, 3.8) is 0 Å². The third kappa shape index (κ3) is 7.05. The SMILES string of the molecule is CC(C)CCOc1cccc(NCC(C)Oc2ccc(Cl)cc2Cl)c1. The van der Waals surface area contributed by atoms with Crippen LogP contribution in [0.2, 0.25) is 10.0 Å². The monoisotopic (exact) mass is 381 g/mol. The minimum absolute atomic E-state index is 0.0517. The van der Waals surface area contributed by atoms with Gasteiger partial charge in [-0.3, -0.25) is 0 Å². The summed E-state index contributed by atoms with van der Waals surface area (Å²) in [5.41, 5.74) is 1.000. The van der Waals surface area contributed by atoms with E-state index in [2.05, 4.69) is 19.2 Å². The van der Waals surface area contributed by atoms with Crippen molar-refractivity contribution in [2.75, 3.05) is 18.5 Å². The molecule has 0 aliphatic heterocycles. The highest BCUT2D eigenvalue weighted by atomic mass is 35.5. The van der Waals surface area contributed by atoms with Crippen LogP contribution in [-0.2, 0) is 0 Å². The first kappa shape index (κ1) is 19.7. The summed E-state index contributed by atoms with van der Waals surface area (Å²) in [7, 11) is 0. The van der Waals surface area contributed by atoms with Gasteiger partial charge in [0.25, 0.3) is 0 Å². The molecule has 0 saturated heterocycles. The van der Waals surface area contributed by atoms with Crippen molar-refractivity contribution >= 4 is 28.9 Å². The van der Waals surface area contributed by atoms with E-state index in [4.69, 9.17) is 32.7 Å². The molecule has 0 radical (unpaired) electrons. The fourth-order valence-electron chi connectivity index (χ4n) is 2.20. The molecule has 0 spiro atoms. The normalized spacial score (nSPS) is 12.1. The van der Waals surface area contributed by atoms with E-state index in [9.17, 15) is 0 Å². The maximum absolute atomic E-state index is 6.14. The van der Waals surface area contributed by atoms with Crippen LogP contribution < -0.4 is 14.8 Å². The van der Waals surface area contributed by atoms with Crippen molar-refractivity contribution < 1.29 is 9.47 Å². The third-order valence-electron chi connectivity index (χ3n) is 3.61. The average molecular weight is 382 g/mol. The van der Waals surface area contributed by atoms with Gasteiger partial charge in [-0.25, -0.2) is 0 Å². The molecule has 3 nitrogen and oxygen atoms in total. The first-order valence-electron chi connectivity index (χ1n) is 8.52. The van der Waals surface area contributed by atoms with Crippen molar-refractivity contribution in [3.8, 4) is 11.5 Å². The van der Waals surface area contributed by atoms with Crippen molar-refractivity contribution in [2.24, 2.45) is 5.92 Å². The fourth-order valence-corrected chi connectivity index (χ4v) is 2.65. The molecular formula is C20H25Cl2NO2. The highest BCUT2D eigenvalue weighted by molar-refractivity contribution is 6.35. The van der Waals surface area contributed by atoms with Gasteiger partial charge in [0.05, 0.1) is 18.2 Å². The Bertz CT molecular complexity index is 676. The number of rotatable bonds is 9. The van der Waals surface area contributed by atoms with Crippen molar-refractivity contribution in [1.29, 1.82) is 0 Å². The van der Waals surface area contributed by atoms with Crippen molar-refractivity contribution in [1.82, 2.24) is 0 Å². The zero-order chi connectivity index (χ0) is 18.2. The second kappa shape index (κ2) is 9.79. The third-order valence-corrected chi connectivity index (χ3v) is 4.14. The second-order valence-corrected chi connectivity index (χ2v) is 7.29. The van der Waals surface area contributed by atoms with Gasteiger partial charge >= 0.3 is 0 Å². The van der Waals surface area contributed by atoms with Gasteiger partial charge < -0.3 is 14.8 Å². The molecule has 1 N–H and O–H groups in total. The highest BCUT2D eigenvalue weighted by Gasteiger charge is 2.08. The number of benzene rings is 2. The average Bonchev–Trinajstić information content (AvgIpc) is 2.56. The van der Waals surface area contributed by atoms with E-state index in [0.29, 0.717) is 28.3 Å². The fraction of sp³-hybridized carbons (Fsp3) is 0.400. The van der Waals surface area contributed by atoms with E-state index in [1.807, 2.05) is 31.2 Å². The standard InChI is InChI=1S/C20H25Cl2NO2/c1-14(2)9-10-24-18-6-4-5-17(12-18)23-13-15(3)25-20-8-7-16(21)11-19(20)22/h4-8,11-12,14-15,23H,9-10,13H2,1-3H3.